The van der Waals surface area contributed by atoms with E-state index in [1.54, 1.807) is 6.08 Å². The minimum atomic E-state index is -0.413. The van der Waals surface area contributed by atoms with Crippen molar-refractivity contribution in [2.75, 3.05) is 20.3 Å². The molecule has 0 spiro atoms. The smallest absolute Gasteiger partial charge is 0.330 e. The fourth-order valence-corrected chi connectivity index (χ4v) is 1.47. The molecular formula is C14H18O4. The van der Waals surface area contributed by atoms with Gasteiger partial charge in [-0.2, -0.15) is 0 Å². The van der Waals surface area contributed by atoms with E-state index in [-0.39, 0.29) is 0 Å². The standard InChI is InChI=1S/C14H18O4/c1-4-17-12-7-6-8-13(18-5-2)11(12)9-10-14(15)16-3/h6-10H,4-5H2,1-3H3. The Balaban J connectivity index is 3.09. The highest BCUT2D eigenvalue weighted by Gasteiger charge is 2.08. The number of hydrogen-bond acceptors (Lipinski definition) is 4. The third-order valence-electron chi connectivity index (χ3n) is 2.21. The molecular weight excluding hydrogens is 232 g/mol. The zero-order valence-corrected chi connectivity index (χ0v) is 10.9. The van der Waals surface area contributed by atoms with Gasteiger partial charge in [0, 0.05) is 6.08 Å². The molecule has 1 aromatic rings. The van der Waals surface area contributed by atoms with E-state index in [9.17, 15) is 4.79 Å². The normalized spacial score (nSPS) is 10.4. The molecule has 0 atom stereocenters. The fourth-order valence-electron chi connectivity index (χ4n) is 1.47. The highest BCUT2D eigenvalue weighted by atomic mass is 16.5. The lowest BCUT2D eigenvalue weighted by Gasteiger charge is -2.12. The van der Waals surface area contributed by atoms with Gasteiger partial charge in [-0.1, -0.05) is 6.07 Å². The van der Waals surface area contributed by atoms with Gasteiger partial charge in [0.05, 0.1) is 25.9 Å². The van der Waals surface area contributed by atoms with Gasteiger partial charge < -0.3 is 14.2 Å². The zero-order valence-electron chi connectivity index (χ0n) is 10.9. The lowest BCUT2D eigenvalue weighted by Crippen LogP contribution is -1.99. The highest BCUT2D eigenvalue weighted by molar-refractivity contribution is 5.88. The van der Waals surface area contributed by atoms with E-state index >= 15 is 0 Å². The third kappa shape index (κ3) is 3.80. The summed E-state index contributed by atoms with van der Waals surface area (Å²) in [6.07, 6.45) is 2.99. The number of carbonyl (C=O) groups is 1. The summed E-state index contributed by atoms with van der Waals surface area (Å²) in [6.45, 7) is 4.91. The maximum absolute atomic E-state index is 11.1. The summed E-state index contributed by atoms with van der Waals surface area (Å²) < 4.78 is 15.6. The van der Waals surface area contributed by atoms with Crippen molar-refractivity contribution in [1.82, 2.24) is 0 Å². The van der Waals surface area contributed by atoms with Crippen molar-refractivity contribution in [1.29, 1.82) is 0 Å². The number of esters is 1. The van der Waals surface area contributed by atoms with Gasteiger partial charge >= 0.3 is 5.97 Å². The lowest BCUT2D eigenvalue weighted by molar-refractivity contribution is -0.134. The first-order valence-electron chi connectivity index (χ1n) is 5.87. The first-order valence-corrected chi connectivity index (χ1v) is 5.87. The van der Waals surface area contributed by atoms with Crippen molar-refractivity contribution in [3.63, 3.8) is 0 Å². The summed E-state index contributed by atoms with van der Waals surface area (Å²) in [7, 11) is 1.34. The first kappa shape index (κ1) is 14.1. The molecule has 98 valence electrons. The number of rotatable bonds is 6. The number of carbonyl (C=O) groups excluding carboxylic acids is 1. The van der Waals surface area contributed by atoms with E-state index in [0.717, 1.165) is 5.56 Å². The Labute approximate surface area is 107 Å². The van der Waals surface area contributed by atoms with Gasteiger partial charge in [-0.15, -0.1) is 0 Å². The van der Waals surface area contributed by atoms with E-state index in [1.165, 1.54) is 13.2 Å². The topological polar surface area (TPSA) is 44.8 Å². The SMILES string of the molecule is CCOc1cccc(OCC)c1C=CC(=O)OC. The van der Waals surface area contributed by atoms with Crippen LogP contribution in [0.2, 0.25) is 0 Å². The molecule has 0 unspecified atom stereocenters. The Morgan fingerprint density at radius 2 is 1.72 bits per heavy atom. The molecule has 0 N–H and O–H groups in total. The molecule has 0 aromatic heterocycles. The molecule has 1 rings (SSSR count). The van der Waals surface area contributed by atoms with Crippen molar-refractivity contribution < 1.29 is 19.0 Å². The second-order valence-corrected chi connectivity index (χ2v) is 3.39. The quantitative estimate of drug-likeness (QED) is 0.575. The maximum atomic E-state index is 11.1. The Morgan fingerprint density at radius 1 is 1.17 bits per heavy atom. The largest absolute Gasteiger partial charge is 0.493 e. The van der Waals surface area contributed by atoms with E-state index in [4.69, 9.17) is 9.47 Å². The predicted octanol–water partition coefficient (Wildman–Crippen LogP) is 2.67. The number of ether oxygens (including phenoxy) is 3. The Bertz CT molecular complexity index is 400. The van der Waals surface area contributed by atoms with Crippen molar-refractivity contribution >= 4 is 12.0 Å². The molecule has 0 saturated heterocycles. The van der Waals surface area contributed by atoms with Crippen LogP contribution in [0, 0.1) is 0 Å². The molecule has 0 heterocycles. The molecule has 0 amide bonds. The van der Waals surface area contributed by atoms with Crippen LogP contribution in [-0.2, 0) is 9.53 Å². The van der Waals surface area contributed by atoms with Crippen LogP contribution < -0.4 is 9.47 Å². The average Bonchev–Trinajstić information content (AvgIpc) is 2.38. The van der Waals surface area contributed by atoms with Crippen molar-refractivity contribution in [2.24, 2.45) is 0 Å². The molecule has 0 fully saturated rings. The van der Waals surface area contributed by atoms with Gasteiger partial charge in [0.2, 0.25) is 0 Å². The summed E-state index contributed by atoms with van der Waals surface area (Å²) in [4.78, 5) is 11.1. The van der Waals surface area contributed by atoms with Crippen molar-refractivity contribution in [2.45, 2.75) is 13.8 Å². The van der Waals surface area contributed by atoms with Gasteiger partial charge in [0.25, 0.3) is 0 Å². The highest BCUT2D eigenvalue weighted by Crippen LogP contribution is 2.30. The van der Waals surface area contributed by atoms with Crippen LogP contribution in [0.4, 0.5) is 0 Å². The summed E-state index contributed by atoms with van der Waals surface area (Å²) >= 11 is 0. The van der Waals surface area contributed by atoms with E-state index in [2.05, 4.69) is 4.74 Å². The van der Waals surface area contributed by atoms with E-state index in [1.807, 2.05) is 32.0 Å². The Morgan fingerprint density at radius 3 is 2.17 bits per heavy atom. The number of hydrogen-bond donors (Lipinski definition) is 0. The first-order chi connectivity index (χ1) is 8.72. The molecule has 0 aliphatic heterocycles. The van der Waals surface area contributed by atoms with Crippen molar-refractivity contribution in [3.05, 3.63) is 29.8 Å². The van der Waals surface area contributed by atoms with Crippen LogP contribution in [0.15, 0.2) is 24.3 Å². The van der Waals surface area contributed by atoms with Crippen LogP contribution in [-0.4, -0.2) is 26.3 Å². The molecule has 0 aliphatic carbocycles. The maximum Gasteiger partial charge on any atom is 0.330 e. The Kier molecular flexibility index (Phi) is 5.77. The predicted molar refractivity (Wildman–Crippen MR) is 69.8 cm³/mol. The number of benzene rings is 1. The Hall–Kier alpha value is -1.97. The summed E-state index contributed by atoms with van der Waals surface area (Å²) in [5, 5.41) is 0. The monoisotopic (exact) mass is 250 g/mol. The van der Waals surface area contributed by atoms with Crippen molar-refractivity contribution in [3.8, 4) is 11.5 Å². The second kappa shape index (κ2) is 7.37. The molecule has 4 nitrogen and oxygen atoms in total. The van der Waals surface area contributed by atoms with Crippen LogP contribution in [0.25, 0.3) is 6.08 Å². The van der Waals surface area contributed by atoms with Crippen LogP contribution >= 0.6 is 0 Å². The minimum absolute atomic E-state index is 0.413. The minimum Gasteiger partial charge on any atom is -0.493 e. The van der Waals surface area contributed by atoms with Crippen LogP contribution in [0.3, 0.4) is 0 Å². The summed E-state index contributed by atoms with van der Waals surface area (Å²) in [5.41, 5.74) is 0.742. The molecule has 0 aliphatic rings. The van der Waals surface area contributed by atoms with Crippen LogP contribution in [0.5, 0.6) is 11.5 Å². The zero-order chi connectivity index (χ0) is 13.4. The van der Waals surface area contributed by atoms with Gasteiger partial charge in [0.1, 0.15) is 11.5 Å². The van der Waals surface area contributed by atoms with E-state index in [0.29, 0.717) is 24.7 Å². The molecule has 0 saturated carbocycles. The van der Waals surface area contributed by atoms with Gasteiger partial charge in [-0.3, -0.25) is 0 Å². The summed E-state index contributed by atoms with van der Waals surface area (Å²) in [6, 6.07) is 5.53. The fraction of sp³-hybridized carbons (Fsp3) is 0.357. The second-order valence-electron chi connectivity index (χ2n) is 3.39. The van der Waals surface area contributed by atoms with Gasteiger partial charge in [0.15, 0.2) is 0 Å². The van der Waals surface area contributed by atoms with Crippen LogP contribution in [0.1, 0.15) is 19.4 Å². The lowest BCUT2D eigenvalue weighted by atomic mass is 10.1. The van der Waals surface area contributed by atoms with E-state index < -0.39 is 5.97 Å². The molecule has 4 heteroatoms. The van der Waals surface area contributed by atoms with Gasteiger partial charge in [-0.05, 0) is 32.1 Å². The number of methoxy groups -OCH3 is 1. The molecule has 0 radical (unpaired) electrons. The third-order valence-corrected chi connectivity index (χ3v) is 2.21. The molecule has 18 heavy (non-hydrogen) atoms. The molecule has 1 aromatic carbocycles. The summed E-state index contributed by atoms with van der Waals surface area (Å²) in [5.74, 6) is 0.955. The average molecular weight is 250 g/mol. The van der Waals surface area contributed by atoms with Gasteiger partial charge in [-0.25, -0.2) is 4.79 Å². The molecule has 0 bridgehead atoms.